The minimum absolute atomic E-state index is 0.0959. The van der Waals surface area contributed by atoms with E-state index in [0.717, 1.165) is 5.56 Å². The number of rotatable bonds is 7. The Labute approximate surface area is 135 Å². The molecular weight excluding hydrogens is 300 g/mol. The third-order valence-corrected chi connectivity index (χ3v) is 3.50. The summed E-state index contributed by atoms with van der Waals surface area (Å²) in [5.41, 5.74) is 1.07. The Bertz CT molecular complexity index is 605. The van der Waals surface area contributed by atoms with Gasteiger partial charge in [-0.2, -0.15) is 0 Å². The summed E-state index contributed by atoms with van der Waals surface area (Å²) in [7, 11) is 1.78. The molecule has 2 rings (SSSR count). The zero-order chi connectivity index (χ0) is 15.8. The minimum atomic E-state index is 0.0959. The van der Waals surface area contributed by atoms with Gasteiger partial charge in [-0.15, -0.1) is 0 Å². The molecule has 1 aromatic heterocycles. The fourth-order valence-corrected chi connectivity index (χ4v) is 2.15. The van der Waals surface area contributed by atoms with Crippen molar-refractivity contribution in [3.8, 4) is 5.75 Å². The quantitative estimate of drug-likeness (QED) is 0.787. The number of aryl methyl sites for hydroxylation is 1. The number of carbonyl (C=O) groups excluding carboxylic acids is 1. The van der Waals surface area contributed by atoms with E-state index in [0.29, 0.717) is 36.8 Å². The van der Waals surface area contributed by atoms with Crippen molar-refractivity contribution in [2.75, 3.05) is 20.2 Å². The molecule has 0 unspecified atom stereocenters. The Balaban J connectivity index is 1.70. The van der Waals surface area contributed by atoms with Crippen LogP contribution in [0.15, 0.2) is 48.8 Å². The Kier molecular flexibility index (Phi) is 6.22. The fraction of sp³-hybridized carbons (Fsp3) is 0.294. The Morgan fingerprint density at radius 1 is 1.32 bits per heavy atom. The van der Waals surface area contributed by atoms with Crippen LogP contribution < -0.4 is 4.74 Å². The van der Waals surface area contributed by atoms with Crippen molar-refractivity contribution in [1.29, 1.82) is 0 Å². The van der Waals surface area contributed by atoms with E-state index >= 15 is 0 Å². The lowest BCUT2D eigenvalue weighted by molar-refractivity contribution is -0.130. The number of hydrogen-bond donors (Lipinski definition) is 0. The molecule has 0 aliphatic heterocycles. The molecule has 1 aromatic carbocycles. The second-order valence-electron chi connectivity index (χ2n) is 4.98. The highest BCUT2D eigenvalue weighted by atomic mass is 35.5. The van der Waals surface area contributed by atoms with Crippen molar-refractivity contribution in [2.24, 2.45) is 0 Å². The molecule has 0 fully saturated rings. The van der Waals surface area contributed by atoms with Crippen molar-refractivity contribution in [1.82, 2.24) is 9.88 Å². The number of ether oxygens (including phenoxy) is 1. The standard InChI is InChI=1S/C17H19ClN2O2/c1-20(10-11-22-16-6-2-5-15(18)12-16)17(21)8-7-14-4-3-9-19-13-14/h2-6,9,12-13H,7-8,10-11H2,1H3. The first-order valence-electron chi connectivity index (χ1n) is 7.16. The van der Waals surface area contributed by atoms with Crippen LogP contribution in [0.2, 0.25) is 5.02 Å². The zero-order valence-corrected chi connectivity index (χ0v) is 13.3. The molecular formula is C17H19ClN2O2. The lowest BCUT2D eigenvalue weighted by atomic mass is 10.1. The number of hydrogen-bond acceptors (Lipinski definition) is 3. The third-order valence-electron chi connectivity index (χ3n) is 3.27. The Morgan fingerprint density at radius 3 is 2.91 bits per heavy atom. The van der Waals surface area contributed by atoms with Gasteiger partial charge in [-0.25, -0.2) is 0 Å². The summed E-state index contributed by atoms with van der Waals surface area (Å²) < 4.78 is 5.58. The highest BCUT2D eigenvalue weighted by Crippen LogP contribution is 2.16. The maximum absolute atomic E-state index is 12.0. The average Bonchev–Trinajstić information content (AvgIpc) is 2.53. The van der Waals surface area contributed by atoms with E-state index < -0.39 is 0 Å². The molecule has 4 nitrogen and oxygen atoms in total. The number of pyridine rings is 1. The summed E-state index contributed by atoms with van der Waals surface area (Å²) in [6, 6.07) is 11.1. The van der Waals surface area contributed by atoms with Crippen LogP contribution in [0.25, 0.3) is 0 Å². The van der Waals surface area contributed by atoms with E-state index in [1.54, 1.807) is 36.5 Å². The largest absolute Gasteiger partial charge is 0.492 e. The van der Waals surface area contributed by atoms with Crippen molar-refractivity contribution in [3.05, 3.63) is 59.4 Å². The fourth-order valence-electron chi connectivity index (χ4n) is 1.97. The van der Waals surface area contributed by atoms with E-state index in [1.165, 1.54) is 0 Å². The van der Waals surface area contributed by atoms with Crippen LogP contribution in [0.4, 0.5) is 0 Å². The van der Waals surface area contributed by atoms with E-state index in [1.807, 2.05) is 24.3 Å². The van der Waals surface area contributed by atoms with Gasteiger partial charge in [0.05, 0.1) is 6.54 Å². The van der Waals surface area contributed by atoms with Crippen LogP contribution in [0.5, 0.6) is 5.75 Å². The number of amides is 1. The molecule has 0 N–H and O–H groups in total. The smallest absolute Gasteiger partial charge is 0.222 e. The van der Waals surface area contributed by atoms with Gasteiger partial charge in [0.1, 0.15) is 12.4 Å². The number of carbonyl (C=O) groups is 1. The number of nitrogens with zero attached hydrogens (tertiary/aromatic N) is 2. The highest BCUT2D eigenvalue weighted by Gasteiger charge is 2.09. The van der Waals surface area contributed by atoms with Crippen molar-refractivity contribution < 1.29 is 9.53 Å². The summed E-state index contributed by atoms with van der Waals surface area (Å²) in [5.74, 6) is 0.808. The molecule has 2 aromatic rings. The Morgan fingerprint density at radius 2 is 2.18 bits per heavy atom. The van der Waals surface area contributed by atoms with Gasteiger partial charge in [-0.05, 0) is 36.2 Å². The summed E-state index contributed by atoms with van der Waals surface area (Å²) in [4.78, 5) is 17.8. The van der Waals surface area contributed by atoms with Crippen molar-refractivity contribution in [3.63, 3.8) is 0 Å². The first-order chi connectivity index (χ1) is 10.6. The van der Waals surface area contributed by atoms with Gasteiger partial charge in [0.2, 0.25) is 5.91 Å². The zero-order valence-electron chi connectivity index (χ0n) is 12.5. The summed E-state index contributed by atoms with van der Waals surface area (Å²) in [6.07, 6.45) is 4.69. The van der Waals surface area contributed by atoms with E-state index in [9.17, 15) is 4.79 Å². The summed E-state index contributed by atoms with van der Waals surface area (Å²) in [5, 5.41) is 0.637. The SMILES string of the molecule is CN(CCOc1cccc(Cl)c1)C(=O)CCc1cccnc1. The maximum Gasteiger partial charge on any atom is 0.222 e. The monoisotopic (exact) mass is 318 g/mol. The predicted molar refractivity (Wildman–Crippen MR) is 87.1 cm³/mol. The number of likely N-dealkylation sites (N-methyl/N-ethyl adjacent to an activating group) is 1. The number of halogens is 1. The number of benzene rings is 1. The van der Waals surface area contributed by atoms with Gasteiger partial charge >= 0.3 is 0 Å². The molecule has 116 valence electrons. The van der Waals surface area contributed by atoms with Gasteiger partial charge in [0.25, 0.3) is 0 Å². The van der Waals surface area contributed by atoms with Gasteiger partial charge < -0.3 is 9.64 Å². The van der Waals surface area contributed by atoms with Crippen molar-refractivity contribution >= 4 is 17.5 Å². The molecule has 0 radical (unpaired) electrons. The first-order valence-corrected chi connectivity index (χ1v) is 7.54. The molecule has 0 bridgehead atoms. The topological polar surface area (TPSA) is 42.4 Å². The summed E-state index contributed by atoms with van der Waals surface area (Å²) >= 11 is 5.89. The number of aromatic nitrogens is 1. The molecule has 0 atom stereocenters. The molecule has 1 amide bonds. The van der Waals surface area contributed by atoms with Gasteiger partial charge in [0.15, 0.2) is 0 Å². The minimum Gasteiger partial charge on any atom is -0.492 e. The first kappa shape index (κ1) is 16.3. The normalized spacial score (nSPS) is 10.3. The molecule has 5 heteroatoms. The van der Waals surface area contributed by atoms with Gasteiger partial charge in [-0.3, -0.25) is 9.78 Å². The molecule has 0 spiro atoms. The highest BCUT2D eigenvalue weighted by molar-refractivity contribution is 6.30. The molecule has 22 heavy (non-hydrogen) atoms. The molecule has 0 saturated heterocycles. The molecule has 1 heterocycles. The van der Waals surface area contributed by atoms with Gasteiger partial charge in [0, 0.05) is 30.9 Å². The molecule has 0 saturated carbocycles. The lowest BCUT2D eigenvalue weighted by Crippen LogP contribution is -2.31. The molecule has 0 aliphatic rings. The predicted octanol–water partition coefficient (Wildman–Crippen LogP) is 3.21. The second-order valence-corrected chi connectivity index (χ2v) is 5.42. The second kappa shape index (κ2) is 8.39. The van der Waals surface area contributed by atoms with Crippen LogP contribution >= 0.6 is 11.6 Å². The average molecular weight is 319 g/mol. The lowest BCUT2D eigenvalue weighted by Gasteiger charge is -2.17. The van der Waals surface area contributed by atoms with Crippen LogP contribution in [-0.2, 0) is 11.2 Å². The van der Waals surface area contributed by atoms with E-state index in [4.69, 9.17) is 16.3 Å². The van der Waals surface area contributed by atoms with E-state index in [2.05, 4.69) is 4.98 Å². The van der Waals surface area contributed by atoms with Crippen LogP contribution in [0, 0.1) is 0 Å². The van der Waals surface area contributed by atoms with Crippen LogP contribution in [-0.4, -0.2) is 36.0 Å². The Hall–Kier alpha value is -2.07. The van der Waals surface area contributed by atoms with Crippen LogP contribution in [0.3, 0.4) is 0 Å². The summed E-state index contributed by atoms with van der Waals surface area (Å²) in [6.45, 7) is 0.980. The maximum atomic E-state index is 12.0. The van der Waals surface area contributed by atoms with Crippen LogP contribution in [0.1, 0.15) is 12.0 Å². The van der Waals surface area contributed by atoms with Gasteiger partial charge in [-0.1, -0.05) is 23.7 Å². The van der Waals surface area contributed by atoms with E-state index in [-0.39, 0.29) is 5.91 Å². The third kappa shape index (κ3) is 5.37. The van der Waals surface area contributed by atoms with Crippen molar-refractivity contribution in [2.45, 2.75) is 12.8 Å². The molecule has 0 aliphatic carbocycles.